The molecule has 3 rings (SSSR count). The number of aromatic nitrogens is 3. The zero-order chi connectivity index (χ0) is 22.4. The highest BCUT2D eigenvalue weighted by Crippen LogP contribution is 2.28. The molecule has 1 amide bonds. The molecule has 1 atom stereocenters. The van der Waals surface area contributed by atoms with Gasteiger partial charge >= 0.3 is 0 Å². The number of nitrogens with one attached hydrogen (secondary N) is 1. The number of carbonyl (C=O) groups excluding carboxylic acids is 1. The summed E-state index contributed by atoms with van der Waals surface area (Å²) in [4.78, 5) is 12.4. The largest absolute Gasteiger partial charge is 0.495 e. The predicted molar refractivity (Wildman–Crippen MR) is 123 cm³/mol. The minimum Gasteiger partial charge on any atom is -0.495 e. The minimum absolute atomic E-state index is 0.138. The van der Waals surface area contributed by atoms with Crippen LogP contribution in [-0.4, -0.2) is 33.5 Å². The third-order valence-corrected chi connectivity index (χ3v) is 5.96. The highest BCUT2D eigenvalue weighted by atomic mass is 32.2. The summed E-state index contributed by atoms with van der Waals surface area (Å²) in [7, 11) is 1.58. The van der Waals surface area contributed by atoms with E-state index in [9.17, 15) is 4.79 Å². The molecule has 8 heteroatoms. The van der Waals surface area contributed by atoms with Crippen LogP contribution in [-0.2, 0) is 11.3 Å². The zero-order valence-electron chi connectivity index (χ0n) is 18.5. The van der Waals surface area contributed by atoms with Gasteiger partial charge in [0.2, 0.25) is 5.91 Å². The molecule has 1 heterocycles. The van der Waals surface area contributed by atoms with Crippen molar-refractivity contribution in [2.24, 2.45) is 0 Å². The third kappa shape index (κ3) is 5.38. The Morgan fingerprint density at radius 3 is 2.61 bits per heavy atom. The summed E-state index contributed by atoms with van der Waals surface area (Å²) in [5.74, 6) is 2.26. The first-order valence-electron chi connectivity index (χ1n) is 10.2. The molecule has 0 saturated carbocycles. The predicted octanol–water partition coefficient (Wildman–Crippen LogP) is 4.79. The van der Waals surface area contributed by atoms with Gasteiger partial charge in [-0.1, -0.05) is 36.0 Å². The Kier molecular flexibility index (Phi) is 7.57. The smallest absolute Gasteiger partial charge is 0.234 e. The lowest BCUT2D eigenvalue weighted by Gasteiger charge is -2.17. The summed E-state index contributed by atoms with van der Waals surface area (Å²) in [6, 6.07) is 13.3. The molecule has 3 aromatic rings. The average Bonchev–Trinajstić information content (AvgIpc) is 3.19. The number of hydrogen-bond donors (Lipinski definition) is 1. The molecule has 0 aliphatic rings. The molecule has 31 heavy (non-hydrogen) atoms. The van der Waals surface area contributed by atoms with Crippen LogP contribution in [0.25, 0.3) is 0 Å². The maximum atomic E-state index is 12.4. The number of amides is 1. The highest BCUT2D eigenvalue weighted by Gasteiger charge is 2.20. The molecule has 7 nitrogen and oxygen atoms in total. The van der Waals surface area contributed by atoms with Gasteiger partial charge in [0.25, 0.3) is 0 Å². The number of carbonyl (C=O) groups is 1. The fourth-order valence-electron chi connectivity index (χ4n) is 3.16. The second kappa shape index (κ2) is 10.3. The van der Waals surface area contributed by atoms with Gasteiger partial charge in [-0.15, -0.1) is 10.2 Å². The number of hydrogen-bond acceptors (Lipinski definition) is 6. The number of benzene rings is 2. The lowest BCUT2D eigenvalue weighted by Crippen LogP contribution is -2.16. The van der Waals surface area contributed by atoms with E-state index < -0.39 is 0 Å². The van der Waals surface area contributed by atoms with E-state index in [4.69, 9.17) is 9.47 Å². The number of thioether (sulfide) groups is 1. The molecule has 1 unspecified atom stereocenters. The monoisotopic (exact) mass is 440 g/mol. The van der Waals surface area contributed by atoms with E-state index >= 15 is 0 Å². The summed E-state index contributed by atoms with van der Waals surface area (Å²) in [5, 5.41) is 12.2. The van der Waals surface area contributed by atoms with Crippen molar-refractivity contribution in [3.8, 4) is 11.5 Å². The van der Waals surface area contributed by atoms with Crippen LogP contribution in [0.5, 0.6) is 11.5 Å². The van der Waals surface area contributed by atoms with E-state index in [0.717, 1.165) is 17.1 Å². The van der Waals surface area contributed by atoms with Crippen LogP contribution in [0.4, 0.5) is 5.69 Å². The fraction of sp³-hybridized carbons (Fsp3) is 0.348. The highest BCUT2D eigenvalue weighted by molar-refractivity contribution is 7.99. The van der Waals surface area contributed by atoms with Gasteiger partial charge in [0.05, 0.1) is 18.6 Å². The first-order chi connectivity index (χ1) is 14.9. The summed E-state index contributed by atoms with van der Waals surface area (Å²) in [6.45, 7) is 8.77. The van der Waals surface area contributed by atoms with E-state index in [1.54, 1.807) is 19.2 Å². The quantitative estimate of drug-likeness (QED) is 0.482. The number of ether oxygens (including phenoxy) is 2. The van der Waals surface area contributed by atoms with E-state index in [1.165, 1.54) is 17.3 Å². The summed E-state index contributed by atoms with van der Waals surface area (Å²) < 4.78 is 13.4. The van der Waals surface area contributed by atoms with Crippen molar-refractivity contribution in [3.63, 3.8) is 0 Å². The van der Waals surface area contributed by atoms with Crippen LogP contribution in [0.2, 0.25) is 0 Å². The van der Waals surface area contributed by atoms with Crippen molar-refractivity contribution in [1.29, 1.82) is 0 Å². The van der Waals surface area contributed by atoms with Gasteiger partial charge in [0.1, 0.15) is 11.5 Å². The van der Waals surface area contributed by atoms with Gasteiger partial charge in [0.15, 0.2) is 17.1 Å². The number of nitrogens with zero attached hydrogens (tertiary/aromatic N) is 3. The minimum atomic E-state index is -0.273. The van der Waals surface area contributed by atoms with E-state index in [0.29, 0.717) is 23.1 Å². The van der Waals surface area contributed by atoms with Crippen molar-refractivity contribution in [1.82, 2.24) is 14.8 Å². The number of rotatable bonds is 9. The Morgan fingerprint density at radius 1 is 1.13 bits per heavy atom. The third-order valence-electron chi connectivity index (χ3n) is 5.00. The molecule has 1 N–H and O–H groups in total. The molecular weight excluding hydrogens is 412 g/mol. The van der Waals surface area contributed by atoms with Gasteiger partial charge in [-0.3, -0.25) is 4.79 Å². The van der Waals surface area contributed by atoms with E-state index in [2.05, 4.69) is 28.5 Å². The number of methoxy groups -OCH3 is 1. The van der Waals surface area contributed by atoms with Crippen LogP contribution in [0.3, 0.4) is 0 Å². The number of para-hydroxylation sites is 2. The first kappa shape index (κ1) is 22.7. The summed E-state index contributed by atoms with van der Waals surface area (Å²) in [5.41, 5.74) is 2.93. The molecule has 0 radical (unpaired) electrons. The summed E-state index contributed by atoms with van der Waals surface area (Å²) >= 11 is 1.34. The van der Waals surface area contributed by atoms with Crippen LogP contribution in [0, 0.1) is 13.8 Å². The lowest BCUT2D eigenvalue weighted by atomic mass is 10.1. The van der Waals surface area contributed by atoms with Crippen LogP contribution in [0.15, 0.2) is 47.6 Å². The molecule has 2 aromatic carbocycles. The number of anilines is 1. The van der Waals surface area contributed by atoms with Gasteiger partial charge < -0.3 is 19.4 Å². The molecule has 1 aromatic heterocycles. The maximum Gasteiger partial charge on any atom is 0.234 e. The Balaban J connectivity index is 1.67. The molecule has 164 valence electrons. The first-order valence-corrected chi connectivity index (χ1v) is 11.1. The molecule has 0 aliphatic carbocycles. The van der Waals surface area contributed by atoms with Crippen molar-refractivity contribution >= 4 is 23.4 Å². The van der Waals surface area contributed by atoms with Crippen molar-refractivity contribution < 1.29 is 14.3 Å². The second-order valence-electron chi connectivity index (χ2n) is 7.08. The molecular formula is C23H28N4O3S. The fourth-order valence-corrected chi connectivity index (χ4v) is 3.97. The van der Waals surface area contributed by atoms with Crippen molar-refractivity contribution in [2.45, 2.75) is 45.5 Å². The maximum absolute atomic E-state index is 12.4. The van der Waals surface area contributed by atoms with Crippen LogP contribution in [0.1, 0.15) is 36.9 Å². The molecule has 0 bridgehead atoms. The van der Waals surface area contributed by atoms with E-state index in [1.807, 2.05) is 49.6 Å². The normalized spacial score (nSPS) is 11.8. The van der Waals surface area contributed by atoms with Gasteiger partial charge in [-0.2, -0.15) is 0 Å². The summed E-state index contributed by atoms with van der Waals surface area (Å²) in [6.07, 6.45) is -0.273. The van der Waals surface area contributed by atoms with Gasteiger partial charge in [-0.05, 0) is 57.0 Å². The average molecular weight is 441 g/mol. The van der Waals surface area contributed by atoms with Gasteiger partial charge in [-0.25, -0.2) is 0 Å². The SMILES string of the molecule is CCn1c(SCC(=O)Nc2ccccc2OC)nnc1C(C)Oc1cccc(C)c1C. The molecule has 0 saturated heterocycles. The van der Waals surface area contributed by atoms with Crippen molar-refractivity contribution in [3.05, 3.63) is 59.4 Å². The Hall–Kier alpha value is -3.00. The van der Waals surface area contributed by atoms with E-state index in [-0.39, 0.29) is 17.8 Å². The Labute approximate surface area is 187 Å². The molecule has 0 spiro atoms. The zero-order valence-corrected chi connectivity index (χ0v) is 19.3. The lowest BCUT2D eigenvalue weighted by molar-refractivity contribution is -0.113. The topological polar surface area (TPSA) is 78.3 Å². The standard InChI is InChI=1S/C23H28N4O3S/c1-6-27-22(17(4)30-19-13-9-10-15(2)16(19)3)25-26-23(27)31-14-21(28)24-18-11-7-8-12-20(18)29-5/h7-13,17H,6,14H2,1-5H3,(H,24,28). The van der Waals surface area contributed by atoms with Crippen molar-refractivity contribution in [2.75, 3.05) is 18.2 Å². The Morgan fingerprint density at radius 2 is 1.87 bits per heavy atom. The van der Waals surface area contributed by atoms with Crippen LogP contribution < -0.4 is 14.8 Å². The number of aryl methyl sites for hydroxylation is 1. The van der Waals surface area contributed by atoms with Gasteiger partial charge in [0, 0.05) is 6.54 Å². The van der Waals surface area contributed by atoms with Crippen LogP contribution >= 0.6 is 11.8 Å². The molecule has 0 fully saturated rings. The molecule has 0 aliphatic heterocycles. The second-order valence-corrected chi connectivity index (χ2v) is 8.02. The Bertz CT molecular complexity index is 1050.